The summed E-state index contributed by atoms with van der Waals surface area (Å²) in [6.45, 7) is 3.80. The monoisotopic (exact) mass is 310 g/mol. The second-order valence-electron chi connectivity index (χ2n) is 4.25. The molecular formula is C15H16Cl2N2O. The minimum atomic E-state index is 0.536. The van der Waals surface area contributed by atoms with E-state index >= 15 is 0 Å². The third-order valence-corrected chi connectivity index (χ3v) is 3.27. The molecule has 1 aromatic carbocycles. The fraction of sp³-hybridized carbons (Fsp3) is 0.267. The fourth-order valence-corrected chi connectivity index (χ4v) is 2.48. The molecule has 0 unspecified atom stereocenters. The number of nitrogens with zero attached hydrogens (tertiary/aromatic N) is 1. The standard InChI is InChI=1S/C15H16Cl2N2O/c1-2-20-15-13(16)7-11(8-14(15)17)9-18-10-12-5-3-4-6-19-12/h3-8,18H,2,9-10H2,1H3. The molecule has 1 aromatic heterocycles. The SMILES string of the molecule is CCOc1c(Cl)cc(CNCc2ccccn2)cc1Cl. The molecule has 0 radical (unpaired) electrons. The zero-order valence-electron chi connectivity index (χ0n) is 11.2. The predicted molar refractivity (Wildman–Crippen MR) is 82.4 cm³/mol. The van der Waals surface area contributed by atoms with E-state index < -0.39 is 0 Å². The number of halogens is 2. The van der Waals surface area contributed by atoms with Crippen molar-refractivity contribution in [3.63, 3.8) is 0 Å². The summed E-state index contributed by atoms with van der Waals surface area (Å²) in [5, 5.41) is 4.38. The molecule has 0 bridgehead atoms. The van der Waals surface area contributed by atoms with Gasteiger partial charge in [-0.3, -0.25) is 4.98 Å². The van der Waals surface area contributed by atoms with Gasteiger partial charge in [-0.15, -0.1) is 0 Å². The molecule has 1 N–H and O–H groups in total. The Labute approximate surface area is 128 Å². The predicted octanol–water partition coefficient (Wildman–Crippen LogP) is 4.08. The molecule has 106 valence electrons. The maximum absolute atomic E-state index is 6.16. The molecule has 0 saturated carbocycles. The molecule has 0 atom stereocenters. The van der Waals surface area contributed by atoms with E-state index in [1.54, 1.807) is 6.20 Å². The van der Waals surface area contributed by atoms with E-state index in [4.69, 9.17) is 27.9 Å². The number of aromatic nitrogens is 1. The highest BCUT2D eigenvalue weighted by Crippen LogP contribution is 2.34. The summed E-state index contributed by atoms with van der Waals surface area (Å²) < 4.78 is 5.40. The Bertz CT molecular complexity index is 538. The zero-order chi connectivity index (χ0) is 14.4. The van der Waals surface area contributed by atoms with E-state index in [0.717, 1.165) is 11.3 Å². The molecule has 0 aliphatic heterocycles. The molecule has 0 fully saturated rings. The van der Waals surface area contributed by atoms with Gasteiger partial charge in [-0.05, 0) is 36.8 Å². The molecule has 0 aliphatic rings. The normalized spacial score (nSPS) is 10.6. The Morgan fingerprint density at radius 1 is 1.15 bits per heavy atom. The lowest BCUT2D eigenvalue weighted by molar-refractivity contribution is 0.340. The second-order valence-corrected chi connectivity index (χ2v) is 5.06. The maximum atomic E-state index is 6.16. The molecule has 5 heteroatoms. The van der Waals surface area contributed by atoms with Gasteiger partial charge in [0.1, 0.15) is 0 Å². The summed E-state index contributed by atoms with van der Waals surface area (Å²) in [4.78, 5) is 4.25. The second kappa shape index (κ2) is 7.48. The van der Waals surface area contributed by atoms with E-state index in [1.165, 1.54) is 0 Å². The highest BCUT2D eigenvalue weighted by Gasteiger charge is 2.09. The van der Waals surface area contributed by atoms with Crippen molar-refractivity contribution in [3.05, 3.63) is 57.8 Å². The smallest absolute Gasteiger partial charge is 0.156 e. The molecule has 0 saturated heterocycles. The average Bonchev–Trinajstić information content (AvgIpc) is 2.44. The van der Waals surface area contributed by atoms with Gasteiger partial charge in [0, 0.05) is 19.3 Å². The Kier molecular flexibility index (Phi) is 5.65. The minimum Gasteiger partial charge on any atom is -0.491 e. The quantitative estimate of drug-likeness (QED) is 0.873. The topological polar surface area (TPSA) is 34.1 Å². The highest BCUT2D eigenvalue weighted by molar-refractivity contribution is 6.37. The minimum absolute atomic E-state index is 0.536. The molecule has 20 heavy (non-hydrogen) atoms. The first-order chi connectivity index (χ1) is 9.70. The fourth-order valence-electron chi connectivity index (χ4n) is 1.83. The number of hydrogen-bond acceptors (Lipinski definition) is 3. The highest BCUT2D eigenvalue weighted by atomic mass is 35.5. The lowest BCUT2D eigenvalue weighted by atomic mass is 10.2. The van der Waals surface area contributed by atoms with E-state index in [0.29, 0.717) is 35.5 Å². The van der Waals surface area contributed by atoms with Crippen molar-refractivity contribution in [2.45, 2.75) is 20.0 Å². The molecule has 0 aliphatic carbocycles. The van der Waals surface area contributed by atoms with Crippen molar-refractivity contribution < 1.29 is 4.74 Å². The van der Waals surface area contributed by atoms with Crippen LogP contribution in [0.4, 0.5) is 0 Å². The van der Waals surface area contributed by atoms with E-state index in [2.05, 4.69) is 10.3 Å². The summed E-state index contributed by atoms with van der Waals surface area (Å²) in [6.07, 6.45) is 1.78. The van der Waals surface area contributed by atoms with E-state index in [-0.39, 0.29) is 0 Å². The lowest BCUT2D eigenvalue weighted by Gasteiger charge is -2.11. The number of nitrogens with one attached hydrogen (secondary N) is 1. The summed E-state index contributed by atoms with van der Waals surface area (Å²) in [5.74, 6) is 0.546. The Morgan fingerprint density at radius 2 is 1.90 bits per heavy atom. The summed E-state index contributed by atoms with van der Waals surface area (Å²) in [5.41, 5.74) is 2.01. The van der Waals surface area contributed by atoms with Crippen molar-refractivity contribution in [2.24, 2.45) is 0 Å². The van der Waals surface area contributed by atoms with Gasteiger partial charge in [0.05, 0.1) is 22.3 Å². The third-order valence-electron chi connectivity index (χ3n) is 2.71. The van der Waals surface area contributed by atoms with Gasteiger partial charge in [-0.2, -0.15) is 0 Å². The summed E-state index contributed by atoms with van der Waals surface area (Å²) >= 11 is 12.3. The van der Waals surface area contributed by atoms with Gasteiger partial charge < -0.3 is 10.1 Å². The van der Waals surface area contributed by atoms with Gasteiger partial charge in [0.2, 0.25) is 0 Å². The van der Waals surface area contributed by atoms with Crippen LogP contribution < -0.4 is 10.1 Å². The number of pyridine rings is 1. The zero-order valence-corrected chi connectivity index (χ0v) is 12.7. The summed E-state index contributed by atoms with van der Waals surface area (Å²) in [7, 11) is 0. The van der Waals surface area contributed by atoms with Gasteiger partial charge in [0.15, 0.2) is 5.75 Å². The van der Waals surface area contributed by atoms with Crippen molar-refractivity contribution in [1.82, 2.24) is 10.3 Å². The lowest BCUT2D eigenvalue weighted by Crippen LogP contribution is -2.13. The number of ether oxygens (including phenoxy) is 1. The first-order valence-electron chi connectivity index (χ1n) is 6.42. The van der Waals surface area contributed by atoms with Crippen LogP contribution in [0.3, 0.4) is 0 Å². The van der Waals surface area contributed by atoms with Crippen LogP contribution in [-0.4, -0.2) is 11.6 Å². The van der Waals surface area contributed by atoms with Gasteiger partial charge in [0.25, 0.3) is 0 Å². The first-order valence-corrected chi connectivity index (χ1v) is 7.17. The Hall–Kier alpha value is -1.29. The van der Waals surface area contributed by atoms with Crippen LogP contribution in [0.15, 0.2) is 36.5 Å². The molecular weight excluding hydrogens is 295 g/mol. The van der Waals surface area contributed by atoms with Gasteiger partial charge >= 0.3 is 0 Å². The largest absolute Gasteiger partial charge is 0.491 e. The van der Waals surface area contributed by atoms with Gasteiger partial charge in [-0.25, -0.2) is 0 Å². The van der Waals surface area contributed by atoms with Crippen LogP contribution in [0, 0.1) is 0 Å². The van der Waals surface area contributed by atoms with Crippen LogP contribution in [-0.2, 0) is 13.1 Å². The molecule has 0 spiro atoms. The van der Waals surface area contributed by atoms with Crippen molar-refractivity contribution in [1.29, 1.82) is 0 Å². The average molecular weight is 311 g/mol. The van der Waals surface area contributed by atoms with Crippen LogP contribution in [0.2, 0.25) is 10.0 Å². The molecule has 0 amide bonds. The van der Waals surface area contributed by atoms with Crippen LogP contribution in [0.25, 0.3) is 0 Å². The first kappa shape index (κ1) is 15.1. The Morgan fingerprint density at radius 3 is 2.50 bits per heavy atom. The number of hydrogen-bond donors (Lipinski definition) is 1. The van der Waals surface area contributed by atoms with E-state index in [9.17, 15) is 0 Å². The van der Waals surface area contributed by atoms with Crippen LogP contribution >= 0.6 is 23.2 Å². The molecule has 2 rings (SSSR count). The molecule has 2 aromatic rings. The van der Waals surface area contributed by atoms with Gasteiger partial charge in [-0.1, -0.05) is 29.3 Å². The molecule has 1 heterocycles. The van der Waals surface area contributed by atoms with E-state index in [1.807, 2.05) is 37.3 Å². The number of benzene rings is 1. The summed E-state index contributed by atoms with van der Waals surface area (Å²) in [6, 6.07) is 9.57. The third kappa shape index (κ3) is 4.10. The van der Waals surface area contributed by atoms with Crippen molar-refractivity contribution in [2.75, 3.05) is 6.61 Å². The molecule has 3 nitrogen and oxygen atoms in total. The van der Waals surface area contributed by atoms with Crippen LogP contribution in [0.5, 0.6) is 5.75 Å². The maximum Gasteiger partial charge on any atom is 0.156 e. The van der Waals surface area contributed by atoms with Crippen molar-refractivity contribution >= 4 is 23.2 Å². The number of rotatable bonds is 6. The Balaban J connectivity index is 1.96. The van der Waals surface area contributed by atoms with Crippen LogP contribution in [0.1, 0.15) is 18.2 Å². The van der Waals surface area contributed by atoms with Crippen molar-refractivity contribution in [3.8, 4) is 5.75 Å².